The van der Waals surface area contributed by atoms with E-state index < -0.39 is 9.84 Å². The zero-order chi connectivity index (χ0) is 9.47. The zero-order valence-electron chi connectivity index (χ0n) is 7.19. The number of sulfone groups is 1. The largest absolute Gasteiger partial charge is 0.259 e. The number of aliphatic imine (C=N–C) groups is 1. The highest BCUT2D eigenvalue weighted by molar-refractivity contribution is 7.92. The van der Waals surface area contributed by atoms with Crippen molar-refractivity contribution < 1.29 is 8.42 Å². The summed E-state index contributed by atoms with van der Waals surface area (Å²) >= 11 is 0. The quantitative estimate of drug-likeness (QED) is 0.629. The van der Waals surface area contributed by atoms with Gasteiger partial charge in [-0.1, -0.05) is 6.07 Å². The minimum atomic E-state index is -3.11. The summed E-state index contributed by atoms with van der Waals surface area (Å²) in [5.74, 6) is 0.0169. The van der Waals surface area contributed by atoms with Gasteiger partial charge in [-0.3, -0.25) is 4.99 Å². The molecule has 1 aliphatic rings. The van der Waals surface area contributed by atoms with Gasteiger partial charge in [-0.2, -0.15) is 0 Å². The first-order valence-corrected chi connectivity index (χ1v) is 5.61. The van der Waals surface area contributed by atoms with Gasteiger partial charge in [-0.05, 0) is 24.6 Å². The Balaban J connectivity index is 2.75. The van der Waals surface area contributed by atoms with Crippen LogP contribution in [0.4, 0.5) is 5.69 Å². The molecule has 4 heteroatoms. The highest BCUT2D eigenvalue weighted by atomic mass is 32.2. The van der Waals surface area contributed by atoms with E-state index in [2.05, 4.69) is 4.99 Å². The molecular weight excluding hydrogens is 186 g/mol. The van der Waals surface area contributed by atoms with Gasteiger partial charge in [-0.25, -0.2) is 8.42 Å². The van der Waals surface area contributed by atoms with Gasteiger partial charge in [0.15, 0.2) is 9.84 Å². The van der Waals surface area contributed by atoms with E-state index in [4.69, 9.17) is 0 Å². The van der Waals surface area contributed by atoms with Crippen molar-refractivity contribution in [2.75, 3.05) is 5.75 Å². The predicted molar refractivity (Wildman–Crippen MR) is 51.4 cm³/mol. The van der Waals surface area contributed by atoms with Crippen molar-refractivity contribution >= 4 is 21.7 Å². The Morgan fingerprint density at radius 2 is 2.15 bits per heavy atom. The molecule has 0 spiro atoms. The van der Waals surface area contributed by atoms with E-state index in [1.54, 1.807) is 18.2 Å². The number of nitrogens with zero attached hydrogens (tertiary/aromatic N) is 1. The third-order valence-electron chi connectivity index (χ3n) is 1.97. The molecular formula is C9H9NO2S. The molecule has 2 rings (SSSR count). The van der Waals surface area contributed by atoms with Gasteiger partial charge in [0.25, 0.3) is 0 Å². The molecule has 0 saturated carbocycles. The van der Waals surface area contributed by atoms with Gasteiger partial charge >= 0.3 is 0 Å². The number of benzene rings is 1. The van der Waals surface area contributed by atoms with Crippen molar-refractivity contribution in [3.8, 4) is 0 Å². The molecule has 1 heterocycles. The monoisotopic (exact) mass is 195 g/mol. The molecule has 1 aromatic rings. The first kappa shape index (κ1) is 8.44. The first-order valence-electron chi connectivity index (χ1n) is 3.95. The highest BCUT2D eigenvalue weighted by Crippen LogP contribution is 2.28. The van der Waals surface area contributed by atoms with Crippen LogP contribution in [-0.2, 0) is 9.84 Å². The van der Waals surface area contributed by atoms with E-state index in [0.717, 1.165) is 5.56 Å². The molecule has 0 aromatic heterocycles. The fourth-order valence-corrected chi connectivity index (χ4v) is 2.47. The first-order chi connectivity index (χ1) is 6.09. The molecule has 0 radical (unpaired) electrons. The molecule has 0 amide bonds. The minimum Gasteiger partial charge on any atom is -0.259 e. The van der Waals surface area contributed by atoms with Crippen LogP contribution >= 0.6 is 0 Å². The van der Waals surface area contributed by atoms with Gasteiger partial charge in [-0.15, -0.1) is 0 Å². The normalized spacial score (nSPS) is 18.2. The summed E-state index contributed by atoms with van der Waals surface area (Å²) in [4.78, 5) is 4.39. The minimum absolute atomic E-state index is 0.0169. The topological polar surface area (TPSA) is 46.5 Å². The molecule has 0 saturated heterocycles. The summed E-state index contributed by atoms with van der Waals surface area (Å²) in [6.45, 7) is 1.91. The van der Waals surface area contributed by atoms with Crippen LogP contribution in [0, 0.1) is 6.92 Å². The number of hydrogen-bond donors (Lipinski definition) is 0. The molecule has 0 fully saturated rings. The van der Waals surface area contributed by atoms with Crippen LogP contribution in [0.5, 0.6) is 0 Å². The van der Waals surface area contributed by atoms with Crippen LogP contribution in [0.3, 0.4) is 0 Å². The van der Waals surface area contributed by atoms with Crippen LogP contribution in [0.1, 0.15) is 5.56 Å². The molecule has 13 heavy (non-hydrogen) atoms. The summed E-state index contributed by atoms with van der Waals surface area (Å²) in [6.07, 6.45) is 1.44. The fraction of sp³-hybridized carbons (Fsp3) is 0.222. The fourth-order valence-electron chi connectivity index (χ4n) is 1.31. The van der Waals surface area contributed by atoms with E-state index in [0.29, 0.717) is 10.6 Å². The van der Waals surface area contributed by atoms with Crippen molar-refractivity contribution in [2.24, 2.45) is 4.99 Å². The Hall–Kier alpha value is -1.16. The number of aryl methyl sites for hydroxylation is 1. The summed E-state index contributed by atoms with van der Waals surface area (Å²) in [7, 11) is -3.11. The van der Waals surface area contributed by atoms with E-state index in [-0.39, 0.29) is 5.75 Å². The number of hydrogen-bond acceptors (Lipinski definition) is 3. The van der Waals surface area contributed by atoms with Crippen LogP contribution in [0.2, 0.25) is 0 Å². The van der Waals surface area contributed by atoms with Crippen LogP contribution < -0.4 is 0 Å². The highest BCUT2D eigenvalue weighted by Gasteiger charge is 2.20. The number of rotatable bonds is 0. The Morgan fingerprint density at radius 1 is 1.38 bits per heavy atom. The SMILES string of the molecule is Cc1ccc2c(c1)N=CCS2(=O)=O. The van der Waals surface area contributed by atoms with E-state index in [1.807, 2.05) is 6.92 Å². The average molecular weight is 195 g/mol. The Kier molecular flexibility index (Phi) is 1.73. The second kappa shape index (κ2) is 2.67. The maximum Gasteiger partial charge on any atom is 0.185 e. The second-order valence-electron chi connectivity index (χ2n) is 3.06. The molecule has 0 atom stereocenters. The molecule has 0 N–H and O–H groups in total. The van der Waals surface area contributed by atoms with Gasteiger partial charge in [0.2, 0.25) is 0 Å². The van der Waals surface area contributed by atoms with Crippen molar-refractivity contribution in [1.82, 2.24) is 0 Å². The third kappa shape index (κ3) is 1.37. The van der Waals surface area contributed by atoms with Crippen molar-refractivity contribution in [3.05, 3.63) is 23.8 Å². The van der Waals surface area contributed by atoms with Crippen LogP contribution in [0.15, 0.2) is 28.1 Å². The van der Waals surface area contributed by atoms with E-state index in [1.165, 1.54) is 6.21 Å². The summed E-state index contributed by atoms with van der Waals surface area (Å²) in [5.41, 5.74) is 1.58. The van der Waals surface area contributed by atoms with E-state index >= 15 is 0 Å². The summed E-state index contributed by atoms with van der Waals surface area (Å²) in [5, 5.41) is 0. The number of fused-ring (bicyclic) bond motifs is 1. The van der Waals surface area contributed by atoms with Crippen molar-refractivity contribution in [2.45, 2.75) is 11.8 Å². The predicted octanol–water partition coefficient (Wildman–Crippen LogP) is 1.48. The molecule has 0 unspecified atom stereocenters. The molecule has 3 nitrogen and oxygen atoms in total. The molecule has 0 bridgehead atoms. The lowest BCUT2D eigenvalue weighted by molar-refractivity contribution is 0.599. The van der Waals surface area contributed by atoms with E-state index in [9.17, 15) is 8.42 Å². The lowest BCUT2D eigenvalue weighted by Crippen LogP contribution is -2.11. The smallest absolute Gasteiger partial charge is 0.185 e. The lowest BCUT2D eigenvalue weighted by atomic mass is 10.2. The Morgan fingerprint density at radius 3 is 2.92 bits per heavy atom. The second-order valence-corrected chi connectivity index (χ2v) is 5.07. The Labute approximate surface area is 77.0 Å². The van der Waals surface area contributed by atoms with Crippen molar-refractivity contribution in [3.63, 3.8) is 0 Å². The van der Waals surface area contributed by atoms with Crippen LogP contribution in [-0.4, -0.2) is 20.4 Å². The third-order valence-corrected chi connectivity index (χ3v) is 3.58. The molecule has 0 aliphatic carbocycles. The lowest BCUT2D eigenvalue weighted by Gasteiger charge is -2.10. The standard InChI is InChI=1S/C9H9NO2S/c1-7-2-3-9-8(6-7)10-4-5-13(9,11)12/h2-4,6H,5H2,1H3. The van der Waals surface area contributed by atoms with Gasteiger partial charge < -0.3 is 0 Å². The van der Waals surface area contributed by atoms with Crippen LogP contribution in [0.25, 0.3) is 0 Å². The maximum atomic E-state index is 11.5. The molecule has 1 aliphatic heterocycles. The van der Waals surface area contributed by atoms with Gasteiger partial charge in [0.1, 0.15) is 0 Å². The summed E-state index contributed by atoms with van der Waals surface area (Å²) < 4.78 is 23.0. The zero-order valence-corrected chi connectivity index (χ0v) is 8.00. The maximum absolute atomic E-state index is 11.5. The summed E-state index contributed by atoms with van der Waals surface area (Å²) in [6, 6.07) is 5.19. The van der Waals surface area contributed by atoms with Gasteiger partial charge in [0, 0.05) is 6.21 Å². The van der Waals surface area contributed by atoms with Crippen molar-refractivity contribution in [1.29, 1.82) is 0 Å². The van der Waals surface area contributed by atoms with Gasteiger partial charge in [0.05, 0.1) is 16.3 Å². The molecule has 1 aromatic carbocycles. The average Bonchev–Trinajstić information content (AvgIpc) is 2.02. The Bertz CT molecular complexity index is 474. The molecule has 68 valence electrons.